The molecular weight excluding hydrogens is 346 g/mol. The summed E-state index contributed by atoms with van der Waals surface area (Å²) >= 11 is 0. The molecule has 1 aromatic rings. The van der Waals surface area contributed by atoms with Gasteiger partial charge in [-0.05, 0) is 37.6 Å². The first kappa shape index (κ1) is 22.5. The van der Waals surface area contributed by atoms with Crippen molar-refractivity contribution in [1.82, 2.24) is 10.9 Å². The second-order valence-corrected chi connectivity index (χ2v) is 6.27. The fourth-order valence-electron chi connectivity index (χ4n) is 2.41. The van der Waals surface area contributed by atoms with Gasteiger partial charge in [-0.25, -0.2) is 0 Å². The van der Waals surface area contributed by atoms with Crippen LogP contribution in [0.25, 0.3) is 0 Å². The van der Waals surface area contributed by atoms with Crippen molar-refractivity contribution in [2.75, 3.05) is 11.9 Å². The van der Waals surface area contributed by atoms with Crippen molar-refractivity contribution in [3.63, 3.8) is 0 Å². The lowest BCUT2D eigenvalue weighted by Gasteiger charge is -2.08. The molecule has 0 fully saturated rings. The molecule has 0 aliphatic carbocycles. The number of hydrogen-bond donors (Lipinski definition) is 3. The average Bonchev–Trinajstić information content (AvgIpc) is 2.66. The molecular formula is C20H31N3O4. The van der Waals surface area contributed by atoms with Gasteiger partial charge >= 0.3 is 0 Å². The minimum Gasteiger partial charge on any atom is -0.494 e. The van der Waals surface area contributed by atoms with Crippen molar-refractivity contribution in [3.8, 4) is 5.75 Å². The van der Waals surface area contributed by atoms with Gasteiger partial charge in [-0.1, -0.05) is 32.6 Å². The van der Waals surface area contributed by atoms with Crippen LogP contribution in [0.3, 0.4) is 0 Å². The number of anilines is 1. The minimum atomic E-state index is -0.392. The van der Waals surface area contributed by atoms with E-state index >= 15 is 0 Å². The van der Waals surface area contributed by atoms with Crippen molar-refractivity contribution in [2.24, 2.45) is 0 Å². The van der Waals surface area contributed by atoms with Crippen LogP contribution in [0, 0.1) is 0 Å². The lowest BCUT2D eigenvalue weighted by atomic mass is 10.1. The van der Waals surface area contributed by atoms with Gasteiger partial charge in [0.25, 0.3) is 0 Å². The Bertz CT molecular complexity index is 587. The third-order valence-electron chi connectivity index (χ3n) is 3.88. The van der Waals surface area contributed by atoms with E-state index in [4.69, 9.17) is 4.74 Å². The average molecular weight is 377 g/mol. The molecule has 150 valence electrons. The molecule has 0 saturated carbocycles. The van der Waals surface area contributed by atoms with Crippen LogP contribution in [-0.4, -0.2) is 24.3 Å². The molecule has 0 saturated heterocycles. The Morgan fingerprint density at radius 3 is 2.00 bits per heavy atom. The highest BCUT2D eigenvalue weighted by Gasteiger charge is 2.09. The van der Waals surface area contributed by atoms with E-state index in [2.05, 4.69) is 23.1 Å². The van der Waals surface area contributed by atoms with Crippen LogP contribution >= 0.6 is 0 Å². The number of amides is 3. The van der Waals surface area contributed by atoms with E-state index in [9.17, 15) is 14.4 Å². The quantitative estimate of drug-likeness (QED) is 0.384. The molecule has 7 heteroatoms. The minimum absolute atomic E-state index is 0.000354. The van der Waals surface area contributed by atoms with Gasteiger partial charge < -0.3 is 10.1 Å². The standard InChI is InChI=1S/C20H31N3O4/c1-3-5-6-7-8-9-19(25)22-23-20(26)15-14-18(24)21-16-10-12-17(13-11-16)27-4-2/h10-13H,3-9,14-15H2,1-2H3,(H,21,24)(H,22,25)(H,23,26). The fourth-order valence-corrected chi connectivity index (χ4v) is 2.41. The normalized spacial score (nSPS) is 10.1. The maximum absolute atomic E-state index is 11.9. The Labute approximate surface area is 161 Å². The van der Waals surface area contributed by atoms with E-state index in [0.717, 1.165) is 31.4 Å². The summed E-state index contributed by atoms with van der Waals surface area (Å²) in [6.45, 7) is 4.62. The van der Waals surface area contributed by atoms with Crippen molar-refractivity contribution in [2.45, 2.75) is 65.2 Å². The topological polar surface area (TPSA) is 96.5 Å². The monoisotopic (exact) mass is 377 g/mol. The highest BCUT2D eigenvalue weighted by atomic mass is 16.5. The van der Waals surface area contributed by atoms with Crippen LogP contribution in [0.2, 0.25) is 0 Å². The lowest BCUT2D eigenvalue weighted by Crippen LogP contribution is -2.41. The Hall–Kier alpha value is -2.57. The van der Waals surface area contributed by atoms with Crippen LogP contribution in [0.15, 0.2) is 24.3 Å². The van der Waals surface area contributed by atoms with Gasteiger partial charge in [0.05, 0.1) is 6.61 Å². The van der Waals surface area contributed by atoms with Gasteiger partial charge in [-0.3, -0.25) is 25.2 Å². The maximum Gasteiger partial charge on any atom is 0.238 e. The lowest BCUT2D eigenvalue weighted by molar-refractivity contribution is -0.129. The van der Waals surface area contributed by atoms with Gasteiger partial charge in [-0.15, -0.1) is 0 Å². The van der Waals surface area contributed by atoms with E-state index in [1.807, 2.05) is 6.92 Å². The number of ether oxygens (including phenoxy) is 1. The van der Waals surface area contributed by atoms with Gasteiger partial charge in [-0.2, -0.15) is 0 Å². The van der Waals surface area contributed by atoms with E-state index in [1.54, 1.807) is 24.3 Å². The molecule has 0 heterocycles. The molecule has 27 heavy (non-hydrogen) atoms. The van der Waals surface area contributed by atoms with Crippen molar-refractivity contribution < 1.29 is 19.1 Å². The number of carbonyl (C=O) groups excluding carboxylic acids is 3. The zero-order valence-electron chi connectivity index (χ0n) is 16.3. The highest BCUT2D eigenvalue weighted by molar-refractivity contribution is 5.93. The van der Waals surface area contributed by atoms with E-state index < -0.39 is 5.91 Å². The van der Waals surface area contributed by atoms with Crippen LogP contribution in [0.1, 0.15) is 65.2 Å². The number of nitrogens with one attached hydrogen (secondary N) is 3. The molecule has 0 aliphatic rings. The molecule has 3 N–H and O–H groups in total. The smallest absolute Gasteiger partial charge is 0.238 e. The second kappa shape index (κ2) is 13.6. The summed E-state index contributed by atoms with van der Waals surface area (Å²) in [7, 11) is 0. The summed E-state index contributed by atoms with van der Waals surface area (Å²) in [6.07, 6.45) is 5.71. The summed E-state index contributed by atoms with van der Waals surface area (Å²) in [5, 5.41) is 2.71. The first-order valence-electron chi connectivity index (χ1n) is 9.65. The molecule has 0 bridgehead atoms. The third kappa shape index (κ3) is 10.9. The molecule has 0 radical (unpaired) electrons. The zero-order chi connectivity index (χ0) is 19.9. The molecule has 0 spiro atoms. The van der Waals surface area contributed by atoms with Crippen LogP contribution in [-0.2, 0) is 14.4 Å². The second-order valence-electron chi connectivity index (χ2n) is 6.27. The molecule has 0 aromatic heterocycles. The van der Waals surface area contributed by atoms with E-state index in [1.165, 1.54) is 6.42 Å². The maximum atomic E-state index is 11.9. The van der Waals surface area contributed by atoms with Gasteiger partial charge in [0.1, 0.15) is 5.75 Å². The van der Waals surface area contributed by atoms with E-state index in [-0.39, 0.29) is 24.7 Å². The SMILES string of the molecule is CCCCCCCC(=O)NNC(=O)CCC(=O)Nc1ccc(OCC)cc1. The van der Waals surface area contributed by atoms with Crippen LogP contribution in [0.4, 0.5) is 5.69 Å². The van der Waals surface area contributed by atoms with Crippen molar-refractivity contribution in [3.05, 3.63) is 24.3 Å². The van der Waals surface area contributed by atoms with Crippen molar-refractivity contribution in [1.29, 1.82) is 0 Å². The molecule has 0 unspecified atom stereocenters. The largest absolute Gasteiger partial charge is 0.494 e. The third-order valence-corrected chi connectivity index (χ3v) is 3.88. The molecule has 3 amide bonds. The van der Waals surface area contributed by atoms with Crippen molar-refractivity contribution >= 4 is 23.4 Å². The Balaban J connectivity index is 2.16. The number of rotatable bonds is 12. The number of hydrazine groups is 1. The summed E-state index contributed by atoms with van der Waals surface area (Å²) < 4.78 is 5.33. The number of benzene rings is 1. The first-order valence-corrected chi connectivity index (χ1v) is 9.65. The van der Waals surface area contributed by atoms with E-state index in [0.29, 0.717) is 18.7 Å². The number of carbonyl (C=O) groups is 3. The number of hydrogen-bond acceptors (Lipinski definition) is 4. The summed E-state index contributed by atoms with van der Waals surface area (Å²) in [6, 6.07) is 7.01. The summed E-state index contributed by atoms with van der Waals surface area (Å²) in [5.41, 5.74) is 5.36. The first-order chi connectivity index (χ1) is 13.0. The van der Waals surface area contributed by atoms with Crippen LogP contribution in [0.5, 0.6) is 5.75 Å². The van der Waals surface area contributed by atoms with Gasteiger partial charge in [0.15, 0.2) is 0 Å². The van der Waals surface area contributed by atoms with Crippen LogP contribution < -0.4 is 20.9 Å². The molecule has 0 atom stereocenters. The fraction of sp³-hybridized carbons (Fsp3) is 0.550. The Morgan fingerprint density at radius 2 is 1.37 bits per heavy atom. The van der Waals surface area contributed by atoms with Gasteiger partial charge in [0, 0.05) is 24.9 Å². The number of unbranched alkanes of at least 4 members (excludes halogenated alkanes) is 4. The summed E-state index contributed by atoms with van der Waals surface area (Å²) in [4.78, 5) is 35.2. The molecule has 1 rings (SSSR count). The molecule has 1 aromatic carbocycles. The predicted octanol–water partition coefficient (Wildman–Crippen LogP) is 3.31. The Kier molecular flexibility index (Phi) is 11.3. The highest BCUT2D eigenvalue weighted by Crippen LogP contribution is 2.15. The van der Waals surface area contributed by atoms with Gasteiger partial charge in [0.2, 0.25) is 17.7 Å². The summed E-state index contributed by atoms with van der Waals surface area (Å²) in [5.74, 6) is -0.137. The molecule has 0 aliphatic heterocycles. The predicted molar refractivity (Wildman–Crippen MR) is 105 cm³/mol. The Morgan fingerprint density at radius 1 is 0.778 bits per heavy atom. The molecule has 7 nitrogen and oxygen atoms in total. The zero-order valence-corrected chi connectivity index (χ0v) is 16.3.